The molecule has 1 unspecified atom stereocenters. The van der Waals surface area contributed by atoms with Crippen molar-refractivity contribution in [2.45, 2.75) is 19.8 Å². The first-order valence-electron chi connectivity index (χ1n) is 9.78. The Labute approximate surface area is 152 Å². The van der Waals surface area contributed by atoms with E-state index >= 15 is 0 Å². The number of nitrogens with one attached hydrogen (secondary N) is 1. The van der Waals surface area contributed by atoms with Crippen LogP contribution in [0.2, 0.25) is 0 Å². The first-order valence-corrected chi connectivity index (χ1v) is 9.78. The van der Waals surface area contributed by atoms with Gasteiger partial charge >= 0.3 is 0 Å². The molecular weight excluding hydrogens is 310 g/mol. The molecule has 1 atom stereocenters. The Hall–Kier alpha value is -1.75. The number of para-hydroxylation sites is 1. The van der Waals surface area contributed by atoms with Crippen LogP contribution in [0.3, 0.4) is 0 Å². The lowest BCUT2D eigenvalue weighted by atomic mass is 9.99. The Morgan fingerprint density at radius 1 is 1.12 bits per heavy atom. The van der Waals surface area contributed by atoms with E-state index in [0.29, 0.717) is 5.92 Å². The highest BCUT2D eigenvalue weighted by Crippen LogP contribution is 2.17. The molecule has 1 aromatic carbocycles. The van der Waals surface area contributed by atoms with Crippen LogP contribution in [-0.2, 0) is 0 Å². The van der Waals surface area contributed by atoms with Crippen LogP contribution in [0.25, 0.3) is 0 Å². The first-order chi connectivity index (χ1) is 12.3. The molecule has 138 valence electrons. The molecule has 0 aliphatic carbocycles. The number of rotatable bonds is 4. The van der Waals surface area contributed by atoms with Crippen molar-refractivity contribution in [1.82, 2.24) is 15.1 Å². The van der Waals surface area contributed by atoms with Crippen LogP contribution in [0.5, 0.6) is 0 Å². The third-order valence-corrected chi connectivity index (χ3v) is 5.26. The van der Waals surface area contributed by atoms with Crippen LogP contribution in [0, 0.1) is 5.92 Å². The molecule has 25 heavy (non-hydrogen) atoms. The maximum absolute atomic E-state index is 4.98. The Kier molecular flexibility index (Phi) is 6.56. The molecule has 5 nitrogen and oxygen atoms in total. The Morgan fingerprint density at radius 2 is 1.88 bits per heavy atom. The summed E-state index contributed by atoms with van der Waals surface area (Å²) in [5, 5.41) is 3.50. The van der Waals surface area contributed by atoms with Gasteiger partial charge in [0.25, 0.3) is 0 Å². The van der Waals surface area contributed by atoms with Gasteiger partial charge in [0.15, 0.2) is 5.96 Å². The van der Waals surface area contributed by atoms with Gasteiger partial charge in [-0.1, -0.05) is 18.2 Å². The summed E-state index contributed by atoms with van der Waals surface area (Å²) in [4.78, 5) is 12.3. The van der Waals surface area contributed by atoms with Crippen LogP contribution in [0.1, 0.15) is 19.8 Å². The third-order valence-electron chi connectivity index (χ3n) is 5.26. The van der Waals surface area contributed by atoms with Crippen molar-refractivity contribution in [3.8, 4) is 0 Å². The van der Waals surface area contributed by atoms with Gasteiger partial charge in [-0.05, 0) is 51.4 Å². The van der Waals surface area contributed by atoms with Crippen molar-refractivity contribution in [3.63, 3.8) is 0 Å². The van der Waals surface area contributed by atoms with E-state index in [4.69, 9.17) is 4.99 Å². The Bertz CT molecular complexity index is 536. The normalized spacial score (nSPS) is 23.0. The molecule has 2 aliphatic heterocycles. The number of benzene rings is 1. The fourth-order valence-corrected chi connectivity index (χ4v) is 3.88. The summed E-state index contributed by atoms with van der Waals surface area (Å²) in [6, 6.07) is 10.7. The summed E-state index contributed by atoms with van der Waals surface area (Å²) in [6.45, 7) is 10.6. The summed E-state index contributed by atoms with van der Waals surface area (Å²) < 4.78 is 0. The van der Waals surface area contributed by atoms with Crippen molar-refractivity contribution in [2.24, 2.45) is 10.9 Å². The zero-order valence-electron chi connectivity index (χ0n) is 15.8. The highest BCUT2D eigenvalue weighted by molar-refractivity contribution is 5.80. The Morgan fingerprint density at radius 3 is 2.56 bits per heavy atom. The van der Waals surface area contributed by atoms with Crippen molar-refractivity contribution in [1.29, 1.82) is 0 Å². The lowest BCUT2D eigenvalue weighted by Gasteiger charge is -2.38. The smallest absolute Gasteiger partial charge is 0.194 e. The summed E-state index contributed by atoms with van der Waals surface area (Å²) in [6.07, 6.45) is 2.62. The van der Waals surface area contributed by atoms with Gasteiger partial charge in [0.05, 0.1) is 0 Å². The highest BCUT2D eigenvalue weighted by Gasteiger charge is 2.21. The SMILES string of the molecule is CCNC(=NCC1CCCN(C)C1)N1CCN(c2ccccc2)CC1. The first kappa shape index (κ1) is 18.1. The van der Waals surface area contributed by atoms with Crippen LogP contribution < -0.4 is 10.2 Å². The molecule has 2 aliphatic rings. The summed E-state index contributed by atoms with van der Waals surface area (Å²) in [7, 11) is 2.23. The topological polar surface area (TPSA) is 34.1 Å². The zero-order valence-corrected chi connectivity index (χ0v) is 15.8. The molecule has 1 aromatic rings. The maximum Gasteiger partial charge on any atom is 0.194 e. The van der Waals surface area contributed by atoms with E-state index in [2.05, 4.69) is 64.3 Å². The largest absolute Gasteiger partial charge is 0.368 e. The van der Waals surface area contributed by atoms with Crippen LogP contribution in [-0.4, -0.2) is 75.2 Å². The average molecular weight is 344 g/mol. The van der Waals surface area contributed by atoms with E-state index in [1.165, 1.54) is 31.6 Å². The molecule has 2 heterocycles. The fraction of sp³-hybridized carbons (Fsp3) is 0.650. The van der Waals surface area contributed by atoms with Crippen molar-refractivity contribution in [3.05, 3.63) is 30.3 Å². The predicted octanol–water partition coefficient (Wildman–Crippen LogP) is 2.12. The zero-order chi connectivity index (χ0) is 17.5. The number of nitrogens with zero attached hydrogens (tertiary/aromatic N) is 4. The van der Waals surface area contributed by atoms with Gasteiger partial charge in [-0.3, -0.25) is 4.99 Å². The van der Waals surface area contributed by atoms with E-state index in [0.717, 1.165) is 45.2 Å². The fourth-order valence-electron chi connectivity index (χ4n) is 3.88. The highest BCUT2D eigenvalue weighted by atomic mass is 15.3. The maximum atomic E-state index is 4.98. The molecule has 3 rings (SSSR count). The lowest BCUT2D eigenvalue weighted by Crippen LogP contribution is -2.52. The average Bonchev–Trinajstić information content (AvgIpc) is 2.66. The van der Waals surface area contributed by atoms with E-state index < -0.39 is 0 Å². The molecule has 0 bridgehead atoms. The minimum atomic E-state index is 0.706. The minimum absolute atomic E-state index is 0.706. The predicted molar refractivity (Wildman–Crippen MR) is 106 cm³/mol. The second kappa shape index (κ2) is 9.09. The monoisotopic (exact) mass is 343 g/mol. The number of piperidine rings is 1. The van der Waals surface area contributed by atoms with E-state index in [-0.39, 0.29) is 0 Å². The number of aliphatic imine (C=N–C) groups is 1. The molecule has 0 spiro atoms. The number of likely N-dealkylation sites (tertiary alicyclic amines) is 1. The molecule has 0 saturated carbocycles. The standard InChI is InChI=1S/C20H33N5/c1-3-21-20(22-16-18-8-7-11-23(2)17-18)25-14-12-24(13-15-25)19-9-5-4-6-10-19/h4-6,9-10,18H,3,7-8,11-17H2,1-2H3,(H,21,22). The van der Waals surface area contributed by atoms with Crippen molar-refractivity contribution >= 4 is 11.6 Å². The van der Waals surface area contributed by atoms with Crippen molar-refractivity contribution < 1.29 is 0 Å². The van der Waals surface area contributed by atoms with E-state index in [1.807, 2.05) is 0 Å². The van der Waals surface area contributed by atoms with Gasteiger partial charge in [-0.15, -0.1) is 0 Å². The number of anilines is 1. The number of guanidine groups is 1. The molecule has 0 aromatic heterocycles. The van der Waals surface area contributed by atoms with Crippen molar-refractivity contribution in [2.75, 3.05) is 64.3 Å². The lowest BCUT2D eigenvalue weighted by molar-refractivity contribution is 0.214. The van der Waals surface area contributed by atoms with Gasteiger partial charge in [-0.2, -0.15) is 0 Å². The number of piperazine rings is 1. The molecule has 2 fully saturated rings. The summed E-state index contributed by atoms with van der Waals surface area (Å²) in [5.41, 5.74) is 1.33. The number of hydrogen-bond acceptors (Lipinski definition) is 3. The molecular formula is C20H33N5. The van der Waals surface area contributed by atoms with Gasteiger partial charge in [0, 0.05) is 51.5 Å². The van der Waals surface area contributed by atoms with Gasteiger partial charge < -0.3 is 20.0 Å². The van der Waals surface area contributed by atoms with Gasteiger partial charge in [-0.25, -0.2) is 0 Å². The molecule has 0 amide bonds. The Balaban J connectivity index is 1.55. The van der Waals surface area contributed by atoms with E-state index in [9.17, 15) is 0 Å². The molecule has 5 heteroatoms. The third kappa shape index (κ3) is 5.11. The van der Waals surface area contributed by atoms with Crippen LogP contribution in [0.4, 0.5) is 5.69 Å². The number of hydrogen-bond donors (Lipinski definition) is 1. The van der Waals surface area contributed by atoms with Crippen LogP contribution in [0.15, 0.2) is 35.3 Å². The quantitative estimate of drug-likeness (QED) is 0.671. The second-order valence-corrected chi connectivity index (χ2v) is 7.27. The molecule has 2 saturated heterocycles. The van der Waals surface area contributed by atoms with Gasteiger partial charge in [0.2, 0.25) is 0 Å². The molecule has 0 radical (unpaired) electrons. The van der Waals surface area contributed by atoms with E-state index in [1.54, 1.807) is 0 Å². The van der Waals surface area contributed by atoms with Gasteiger partial charge in [0.1, 0.15) is 0 Å². The summed E-state index contributed by atoms with van der Waals surface area (Å²) >= 11 is 0. The second-order valence-electron chi connectivity index (χ2n) is 7.27. The minimum Gasteiger partial charge on any atom is -0.368 e. The molecule has 1 N–H and O–H groups in total. The van der Waals surface area contributed by atoms with Crippen LogP contribution >= 0.6 is 0 Å². The summed E-state index contributed by atoms with van der Waals surface area (Å²) in [5.74, 6) is 1.81.